The van der Waals surface area contributed by atoms with Gasteiger partial charge < -0.3 is 9.47 Å². The van der Waals surface area contributed by atoms with Crippen LogP contribution < -0.4 is 4.74 Å². The molecule has 0 bridgehead atoms. The van der Waals surface area contributed by atoms with Gasteiger partial charge in [-0.15, -0.1) is 0 Å². The van der Waals surface area contributed by atoms with Crippen molar-refractivity contribution in [3.05, 3.63) is 63.8 Å². The fourth-order valence-corrected chi connectivity index (χ4v) is 3.46. The number of fused-ring (bicyclic) bond motifs is 1. The third kappa shape index (κ3) is 3.53. The van der Waals surface area contributed by atoms with Gasteiger partial charge in [0.1, 0.15) is 5.75 Å². The Kier molecular flexibility index (Phi) is 5.44. The second-order valence-electron chi connectivity index (χ2n) is 5.98. The van der Waals surface area contributed by atoms with Crippen LogP contribution in [0.4, 0.5) is 0 Å². The van der Waals surface area contributed by atoms with Gasteiger partial charge in [0.2, 0.25) is 0 Å². The molecule has 3 rings (SSSR count). The summed E-state index contributed by atoms with van der Waals surface area (Å²) in [7, 11) is 1.31. The molecule has 27 heavy (non-hydrogen) atoms. The van der Waals surface area contributed by atoms with E-state index in [1.165, 1.54) is 11.7 Å². The summed E-state index contributed by atoms with van der Waals surface area (Å²) in [4.78, 5) is 25.3. The summed E-state index contributed by atoms with van der Waals surface area (Å²) in [6, 6.07) is 11.9. The van der Waals surface area contributed by atoms with E-state index in [0.717, 1.165) is 0 Å². The number of methoxy groups -OCH3 is 1. The number of esters is 1. The molecule has 3 aromatic rings. The molecule has 1 aromatic heterocycles. The van der Waals surface area contributed by atoms with Gasteiger partial charge in [-0.2, -0.15) is 0 Å². The average molecular weight is 406 g/mol. The van der Waals surface area contributed by atoms with Crippen molar-refractivity contribution in [2.24, 2.45) is 0 Å². The third-order valence-corrected chi connectivity index (χ3v) is 4.80. The lowest BCUT2D eigenvalue weighted by Crippen LogP contribution is -2.30. The molecule has 140 valence electrons. The Morgan fingerprint density at radius 1 is 1.11 bits per heavy atom. The van der Waals surface area contributed by atoms with E-state index in [1.807, 2.05) is 0 Å². The molecule has 0 saturated carbocycles. The van der Waals surface area contributed by atoms with E-state index in [4.69, 9.17) is 32.7 Å². The number of hydrogen-bond donors (Lipinski definition) is 0. The van der Waals surface area contributed by atoms with Gasteiger partial charge in [-0.3, -0.25) is 9.36 Å². The molecule has 0 radical (unpaired) electrons. The first kappa shape index (κ1) is 19.3. The molecular weight excluding hydrogens is 389 g/mol. The fourth-order valence-electron chi connectivity index (χ4n) is 3.00. The predicted molar refractivity (Wildman–Crippen MR) is 105 cm³/mol. The van der Waals surface area contributed by atoms with Crippen LogP contribution in [0, 0.1) is 6.92 Å². The topological polar surface area (TPSA) is 57.5 Å². The fraction of sp³-hybridized carbons (Fsp3) is 0.200. The second-order valence-corrected chi connectivity index (χ2v) is 6.82. The number of carbonyl (C=O) groups is 2. The Balaban J connectivity index is 2.02. The summed E-state index contributed by atoms with van der Waals surface area (Å²) >= 11 is 12.0. The minimum Gasteiger partial charge on any atom is -0.479 e. The SMILES string of the molecule is COC(=O)c1c(C)n(C(=O)C(C)Oc2ccc(Cl)cc2Cl)c2ccccc12. The van der Waals surface area contributed by atoms with Crippen LogP contribution in [0.2, 0.25) is 10.0 Å². The number of ether oxygens (including phenoxy) is 2. The van der Waals surface area contributed by atoms with Gasteiger partial charge in [0, 0.05) is 16.1 Å². The second kappa shape index (κ2) is 7.62. The van der Waals surface area contributed by atoms with E-state index in [1.54, 1.807) is 56.3 Å². The first-order valence-corrected chi connectivity index (χ1v) is 8.95. The molecule has 0 aliphatic rings. The van der Waals surface area contributed by atoms with E-state index >= 15 is 0 Å². The van der Waals surface area contributed by atoms with Crippen LogP contribution in [-0.2, 0) is 4.74 Å². The van der Waals surface area contributed by atoms with Crippen LogP contribution in [0.5, 0.6) is 5.75 Å². The Morgan fingerprint density at radius 2 is 1.81 bits per heavy atom. The number of nitrogens with zero attached hydrogens (tertiary/aromatic N) is 1. The monoisotopic (exact) mass is 405 g/mol. The van der Waals surface area contributed by atoms with Crippen LogP contribution in [0.15, 0.2) is 42.5 Å². The standard InChI is InChI=1S/C20H17Cl2NO4/c1-11-18(20(25)26-3)14-6-4-5-7-16(14)23(11)19(24)12(2)27-17-9-8-13(21)10-15(17)22/h4-10,12H,1-3H3. The lowest BCUT2D eigenvalue weighted by Gasteiger charge is -2.17. The molecule has 0 N–H and O–H groups in total. The molecular formula is C20H17Cl2NO4. The highest BCUT2D eigenvalue weighted by Gasteiger charge is 2.27. The van der Waals surface area contributed by atoms with Crippen molar-refractivity contribution in [2.45, 2.75) is 20.0 Å². The van der Waals surface area contributed by atoms with E-state index in [-0.39, 0.29) is 5.91 Å². The highest BCUT2D eigenvalue weighted by Crippen LogP contribution is 2.30. The van der Waals surface area contributed by atoms with Crippen molar-refractivity contribution in [3.63, 3.8) is 0 Å². The summed E-state index contributed by atoms with van der Waals surface area (Å²) in [5.74, 6) is -0.473. The van der Waals surface area contributed by atoms with Gasteiger partial charge in [0.25, 0.3) is 5.91 Å². The normalized spacial score (nSPS) is 12.0. The Hall–Kier alpha value is -2.50. The van der Waals surface area contributed by atoms with Crippen LogP contribution >= 0.6 is 23.2 Å². The van der Waals surface area contributed by atoms with E-state index in [2.05, 4.69) is 0 Å². The molecule has 0 aliphatic carbocycles. The smallest absolute Gasteiger partial charge is 0.340 e. The highest BCUT2D eigenvalue weighted by atomic mass is 35.5. The zero-order valence-corrected chi connectivity index (χ0v) is 16.5. The zero-order valence-electron chi connectivity index (χ0n) is 15.0. The minimum atomic E-state index is -0.844. The zero-order chi connectivity index (χ0) is 19.7. The molecule has 1 atom stereocenters. The first-order chi connectivity index (χ1) is 12.8. The van der Waals surface area contributed by atoms with Crippen molar-refractivity contribution in [3.8, 4) is 5.75 Å². The molecule has 0 saturated heterocycles. The van der Waals surface area contributed by atoms with Crippen LogP contribution in [-0.4, -0.2) is 29.7 Å². The molecule has 2 aromatic carbocycles. The minimum absolute atomic E-state index is 0.312. The number of rotatable bonds is 4. The summed E-state index contributed by atoms with van der Waals surface area (Å²) in [5, 5.41) is 1.43. The summed E-state index contributed by atoms with van der Waals surface area (Å²) < 4.78 is 12.1. The van der Waals surface area contributed by atoms with Crippen LogP contribution in [0.3, 0.4) is 0 Å². The molecule has 0 amide bonds. The molecule has 0 aliphatic heterocycles. The van der Waals surface area contributed by atoms with Crippen molar-refractivity contribution in [1.29, 1.82) is 0 Å². The van der Waals surface area contributed by atoms with Gasteiger partial charge in [-0.1, -0.05) is 41.4 Å². The van der Waals surface area contributed by atoms with Crippen molar-refractivity contribution in [1.82, 2.24) is 4.57 Å². The number of aromatic nitrogens is 1. The van der Waals surface area contributed by atoms with Gasteiger partial charge in [0.05, 0.1) is 23.2 Å². The van der Waals surface area contributed by atoms with Crippen LogP contribution in [0.1, 0.15) is 27.8 Å². The highest BCUT2D eigenvalue weighted by molar-refractivity contribution is 6.35. The molecule has 1 heterocycles. The van der Waals surface area contributed by atoms with Crippen molar-refractivity contribution >= 4 is 46.0 Å². The molecule has 7 heteroatoms. The number of para-hydroxylation sites is 1. The molecule has 0 fully saturated rings. The maximum Gasteiger partial charge on any atom is 0.340 e. The van der Waals surface area contributed by atoms with Crippen LogP contribution in [0.25, 0.3) is 10.9 Å². The van der Waals surface area contributed by atoms with Crippen molar-refractivity contribution in [2.75, 3.05) is 7.11 Å². The molecule has 0 spiro atoms. The maximum atomic E-state index is 13.1. The lowest BCUT2D eigenvalue weighted by molar-refractivity contribution is 0.0601. The van der Waals surface area contributed by atoms with E-state index < -0.39 is 12.1 Å². The number of halogens is 2. The van der Waals surface area contributed by atoms with Gasteiger partial charge in [-0.05, 0) is 38.1 Å². The lowest BCUT2D eigenvalue weighted by atomic mass is 10.1. The van der Waals surface area contributed by atoms with Gasteiger partial charge in [0.15, 0.2) is 6.10 Å². The predicted octanol–water partition coefficient (Wildman–Crippen LogP) is 5.15. The average Bonchev–Trinajstić information content (AvgIpc) is 2.94. The Morgan fingerprint density at radius 3 is 2.48 bits per heavy atom. The van der Waals surface area contributed by atoms with Gasteiger partial charge in [-0.25, -0.2) is 4.79 Å². The van der Waals surface area contributed by atoms with E-state index in [9.17, 15) is 9.59 Å². The number of carbonyl (C=O) groups excluding carboxylic acids is 2. The van der Waals surface area contributed by atoms with Gasteiger partial charge >= 0.3 is 5.97 Å². The Labute approximate surface area is 166 Å². The van der Waals surface area contributed by atoms with Crippen molar-refractivity contribution < 1.29 is 19.1 Å². The molecule has 1 unspecified atom stereocenters. The summed E-state index contributed by atoms with van der Waals surface area (Å²) in [6.45, 7) is 3.32. The summed E-state index contributed by atoms with van der Waals surface area (Å²) in [6.07, 6.45) is -0.844. The third-order valence-electron chi connectivity index (χ3n) is 4.27. The first-order valence-electron chi connectivity index (χ1n) is 8.19. The maximum absolute atomic E-state index is 13.1. The largest absolute Gasteiger partial charge is 0.479 e. The number of hydrogen-bond acceptors (Lipinski definition) is 4. The van der Waals surface area contributed by atoms with E-state index in [0.29, 0.717) is 38.0 Å². The quantitative estimate of drug-likeness (QED) is 0.563. The Bertz CT molecular complexity index is 1040. The summed E-state index contributed by atoms with van der Waals surface area (Å²) in [5.41, 5.74) is 1.46. The number of benzene rings is 2. The molecule has 5 nitrogen and oxygen atoms in total.